The van der Waals surface area contributed by atoms with Crippen molar-refractivity contribution < 1.29 is 43.9 Å². The predicted octanol–water partition coefficient (Wildman–Crippen LogP) is 1.34. The lowest BCUT2D eigenvalue weighted by Crippen LogP contribution is -2.84. The molecule has 43 heavy (non-hydrogen) atoms. The lowest BCUT2D eigenvalue weighted by atomic mass is 9.44. The first-order valence-corrected chi connectivity index (χ1v) is 15.5. The Balaban J connectivity index is 1.40. The standard InChI is InChI=1S/C32H44N2O9/c1-6-34-16-28(43-26(36)18-9-7-8-10-20(18)33-17(2)35)12-11-23(40-3)31-21(28)13-19(25(31)34)30(38)15-24(41-4)29(37)14-22(31)32(30,39)27(29)42-5/h7-10,19,21-25,27,37-39H,6,11-16H2,1-5H3,(H,33,35)/t19-,21-,22?,23+,24+,25?,27+,28-,29+,30+,31?,32+/m1/s1. The fourth-order valence-electron chi connectivity index (χ4n) is 11.6. The first-order chi connectivity index (χ1) is 20.4. The number of likely N-dealkylation sites (N-methyl/N-ethyl adjacent to an activating group) is 1. The van der Waals surface area contributed by atoms with Crippen LogP contribution in [0.2, 0.25) is 0 Å². The molecular weight excluding hydrogens is 556 g/mol. The van der Waals surface area contributed by atoms with Gasteiger partial charge in [-0.3, -0.25) is 9.69 Å². The number of amides is 1. The predicted molar refractivity (Wildman–Crippen MR) is 153 cm³/mol. The summed E-state index contributed by atoms with van der Waals surface area (Å²) in [7, 11) is 4.68. The van der Waals surface area contributed by atoms with E-state index in [0.29, 0.717) is 38.0 Å². The number of carbonyl (C=O) groups excluding carboxylic acids is 2. The molecule has 5 saturated carbocycles. The van der Waals surface area contributed by atoms with Crippen LogP contribution in [-0.4, -0.2) is 113 Å². The summed E-state index contributed by atoms with van der Waals surface area (Å²) in [6, 6.07) is 6.65. The molecule has 0 radical (unpaired) electrons. The SMILES string of the molecule is CCN1C[C@]2(OC(=O)c3ccccc3NC(C)=O)CC[C@H](OC)C34C1[C@@H](C[C@@H]32)[C@@]1(O)C[C@H](OC)[C@@]2(O)CC4[C@]1(O)[C@H]2OC. The quantitative estimate of drug-likeness (QED) is 0.338. The molecule has 1 aliphatic heterocycles. The maximum absolute atomic E-state index is 14.0. The highest BCUT2D eigenvalue weighted by molar-refractivity contribution is 6.00. The zero-order valence-corrected chi connectivity index (χ0v) is 25.5. The van der Waals surface area contributed by atoms with Crippen LogP contribution in [0.3, 0.4) is 0 Å². The van der Waals surface area contributed by atoms with Crippen molar-refractivity contribution in [1.82, 2.24) is 4.90 Å². The Bertz CT molecular complexity index is 1340. The van der Waals surface area contributed by atoms with Gasteiger partial charge in [0.1, 0.15) is 28.5 Å². The molecule has 11 nitrogen and oxygen atoms in total. The third-order valence-electron chi connectivity index (χ3n) is 12.7. The number of likely N-dealkylation sites (tertiary alicyclic amines) is 1. The molecule has 1 saturated heterocycles. The minimum Gasteiger partial charge on any atom is -0.454 e. The third-order valence-corrected chi connectivity index (χ3v) is 12.7. The van der Waals surface area contributed by atoms with E-state index >= 15 is 0 Å². The van der Waals surface area contributed by atoms with Gasteiger partial charge in [-0.15, -0.1) is 0 Å². The monoisotopic (exact) mass is 600 g/mol. The van der Waals surface area contributed by atoms with Crippen molar-refractivity contribution in [3.63, 3.8) is 0 Å². The van der Waals surface area contributed by atoms with Crippen molar-refractivity contribution in [1.29, 1.82) is 0 Å². The smallest absolute Gasteiger partial charge is 0.340 e. The Morgan fingerprint density at radius 1 is 1.02 bits per heavy atom. The largest absolute Gasteiger partial charge is 0.454 e. The molecule has 0 aromatic heterocycles. The summed E-state index contributed by atoms with van der Waals surface area (Å²) < 4.78 is 24.7. The van der Waals surface area contributed by atoms with Gasteiger partial charge in [0, 0.05) is 70.4 Å². The summed E-state index contributed by atoms with van der Waals surface area (Å²) in [5, 5.41) is 40.6. The molecule has 12 atom stereocenters. The molecule has 1 aromatic rings. The van der Waals surface area contributed by atoms with E-state index in [9.17, 15) is 24.9 Å². The minimum atomic E-state index is -1.76. The Labute approximate surface area is 251 Å². The van der Waals surface area contributed by atoms with Gasteiger partial charge < -0.3 is 39.6 Å². The molecule has 11 heteroatoms. The molecule has 7 rings (SSSR count). The molecule has 1 heterocycles. The highest BCUT2D eigenvalue weighted by Crippen LogP contribution is 2.79. The Hall–Kier alpha value is -2.12. The number of para-hydroxylation sites is 1. The Kier molecular flexibility index (Phi) is 6.50. The second-order valence-electron chi connectivity index (χ2n) is 13.9. The highest BCUT2D eigenvalue weighted by Gasteiger charge is 2.91. The number of carbonyl (C=O) groups is 2. The second-order valence-corrected chi connectivity index (χ2v) is 13.9. The summed E-state index contributed by atoms with van der Waals surface area (Å²) >= 11 is 0. The van der Waals surface area contributed by atoms with E-state index in [0.717, 1.165) is 0 Å². The number of fused-ring (bicyclic) bond motifs is 2. The van der Waals surface area contributed by atoms with Gasteiger partial charge in [0.25, 0.3) is 0 Å². The number of aliphatic hydroxyl groups is 3. The van der Waals surface area contributed by atoms with Crippen LogP contribution in [0.5, 0.6) is 0 Å². The minimum absolute atomic E-state index is 0.0723. The van der Waals surface area contributed by atoms with E-state index in [-0.39, 0.29) is 42.4 Å². The number of ether oxygens (including phenoxy) is 4. The molecule has 1 aromatic carbocycles. The topological polar surface area (TPSA) is 147 Å². The molecule has 1 amide bonds. The van der Waals surface area contributed by atoms with Crippen molar-refractivity contribution in [2.24, 2.45) is 23.2 Å². The average Bonchev–Trinajstić information content (AvgIpc) is 3.36. The van der Waals surface area contributed by atoms with E-state index in [4.69, 9.17) is 18.9 Å². The Morgan fingerprint density at radius 2 is 1.74 bits per heavy atom. The summed E-state index contributed by atoms with van der Waals surface area (Å²) in [5.74, 6) is -2.08. The normalized spacial score (nSPS) is 49.1. The van der Waals surface area contributed by atoms with Crippen molar-refractivity contribution >= 4 is 17.6 Å². The number of nitrogens with one attached hydrogen (secondary N) is 1. The van der Waals surface area contributed by atoms with Gasteiger partial charge in [0.05, 0.1) is 23.5 Å². The van der Waals surface area contributed by atoms with Gasteiger partial charge in [-0.05, 0) is 44.4 Å². The number of hydrogen-bond acceptors (Lipinski definition) is 10. The van der Waals surface area contributed by atoms with Crippen LogP contribution < -0.4 is 5.32 Å². The van der Waals surface area contributed by atoms with Gasteiger partial charge >= 0.3 is 5.97 Å². The number of methoxy groups -OCH3 is 3. The number of rotatable bonds is 7. The summed E-state index contributed by atoms with van der Waals surface area (Å²) in [4.78, 5) is 28.3. The van der Waals surface area contributed by atoms with Gasteiger partial charge in [-0.2, -0.15) is 0 Å². The molecular formula is C32H44N2O9. The van der Waals surface area contributed by atoms with Gasteiger partial charge in [-0.25, -0.2) is 4.79 Å². The fourth-order valence-corrected chi connectivity index (χ4v) is 11.6. The summed E-state index contributed by atoms with van der Waals surface area (Å²) in [6.07, 6.45) is -0.215. The van der Waals surface area contributed by atoms with Crippen LogP contribution >= 0.6 is 0 Å². The van der Waals surface area contributed by atoms with E-state index in [1.54, 1.807) is 31.4 Å². The van der Waals surface area contributed by atoms with Crippen molar-refractivity contribution in [3.8, 4) is 0 Å². The van der Waals surface area contributed by atoms with Crippen molar-refractivity contribution in [2.75, 3.05) is 39.7 Å². The fraction of sp³-hybridized carbons (Fsp3) is 0.750. The maximum Gasteiger partial charge on any atom is 0.340 e. The van der Waals surface area contributed by atoms with Gasteiger partial charge in [-0.1, -0.05) is 19.1 Å². The van der Waals surface area contributed by atoms with E-state index < -0.39 is 57.8 Å². The zero-order chi connectivity index (χ0) is 30.7. The third kappa shape index (κ3) is 3.29. The highest BCUT2D eigenvalue weighted by atomic mass is 16.6. The van der Waals surface area contributed by atoms with Crippen molar-refractivity contribution in [2.45, 2.75) is 92.7 Å². The van der Waals surface area contributed by atoms with E-state index in [1.165, 1.54) is 21.1 Å². The first-order valence-electron chi connectivity index (χ1n) is 15.5. The molecule has 236 valence electrons. The maximum atomic E-state index is 14.0. The Morgan fingerprint density at radius 3 is 2.40 bits per heavy atom. The number of nitrogens with zero attached hydrogens (tertiary/aromatic N) is 1. The molecule has 7 bridgehead atoms. The van der Waals surface area contributed by atoms with Crippen LogP contribution in [0.15, 0.2) is 24.3 Å². The molecule has 4 N–H and O–H groups in total. The van der Waals surface area contributed by atoms with Crippen LogP contribution in [0.4, 0.5) is 5.69 Å². The summed E-state index contributed by atoms with van der Waals surface area (Å²) in [5.41, 5.74) is -5.92. The molecule has 5 aliphatic carbocycles. The van der Waals surface area contributed by atoms with Crippen molar-refractivity contribution in [3.05, 3.63) is 29.8 Å². The summed E-state index contributed by atoms with van der Waals surface area (Å²) in [6.45, 7) is 4.58. The molecule has 1 spiro atoms. The number of piperidine rings is 1. The van der Waals surface area contributed by atoms with Crippen LogP contribution in [0.1, 0.15) is 56.3 Å². The first kappa shape index (κ1) is 29.6. The number of anilines is 1. The van der Waals surface area contributed by atoms with Gasteiger partial charge in [0.2, 0.25) is 5.91 Å². The molecule has 6 fully saturated rings. The lowest BCUT2D eigenvalue weighted by molar-refractivity contribution is -0.347. The van der Waals surface area contributed by atoms with Crippen LogP contribution in [0.25, 0.3) is 0 Å². The van der Waals surface area contributed by atoms with E-state index in [2.05, 4.69) is 17.1 Å². The number of hydrogen-bond donors (Lipinski definition) is 4. The second kappa shape index (κ2) is 9.45. The molecule has 6 aliphatic rings. The number of esters is 1. The molecule has 3 unspecified atom stereocenters. The number of benzene rings is 1. The van der Waals surface area contributed by atoms with Crippen LogP contribution in [-0.2, 0) is 23.7 Å². The van der Waals surface area contributed by atoms with Crippen LogP contribution in [0, 0.1) is 23.2 Å². The lowest BCUT2D eigenvalue weighted by Gasteiger charge is -2.70. The average molecular weight is 601 g/mol. The van der Waals surface area contributed by atoms with Gasteiger partial charge in [0.15, 0.2) is 0 Å². The van der Waals surface area contributed by atoms with E-state index in [1.807, 2.05) is 0 Å². The zero-order valence-electron chi connectivity index (χ0n) is 25.5.